The average molecular weight is 384 g/mol. The van der Waals surface area contributed by atoms with Crippen molar-refractivity contribution in [1.82, 2.24) is 0 Å². The lowest BCUT2D eigenvalue weighted by molar-refractivity contribution is -0.384. The Kier molecular flexibility index (Phi) is 5.25. The average Bonchev–Trinajstić information content (AvgIpc) is 2.67. The van der Waals surface area contributed by atoms with Crippen molar-refractivity contribution in [2.45, 2.75) is 13.0 Å². The van der Waals surface area contributed by atoms with Crippen LogP contribution in [0, 0.1) is 10.1 Å². The van der Waals surface area contributed by atoms with E-state index in [-0.39, 0.29) is 17.1 Å². The summed E-state index contributed by atoms with van der Waals surface area (Å²) in [5.41, 5.74) is -0.0229. The van der Waals surface area contributed by atoms with Crippen LogP contribution in [0.4, 0.5) is 11.4 Å². The molecule has 0 radical (unpaired) electrons. The van der Waals surface area contributed by atoms with Crippen LogP contribution in [0.15, 0.2) is 57.7 Å². The molecule has 9 nitrogen and oxygen atoms in total. The second-order valence-corrected chi connectivity index (χ2v) is 5.85. The zero-order valence-corrected chi connectivity index (χ0v) is 15.0. The predicted molar refractivity (Wildman–Crippen MR) is 101 cm³/mol. The Bertz CT molecular complexity index is 1110. The Labute approximate surface area is 158 Å². The largest absolute Gasteiger partial charge is 0.494 e. The number of carbonyl (C=O) groups is 1. The van der Waals surface area contributed by atoms with Crippen molar-refractivity contribution in [2.75, 3.05) is 12.4 Å². The molecule has 3 rings (SSSR count). The van der Waals surface area contributed by atoms with Gasteiger partial charge in [0.15, 0.2) is 6.10 Å². The van der Waals surface area contributed by atoms with Crippen LogP contribution in [-0.2, 0) is 4.79 Å². The highest BCUT2D eigenvalue weighted by molar-refractivity contribution is 5.95. The van der Waals surface area contributed by atoms with Crippen LogP contribution in [-0.4, -0.2) is 24.0 Å². The summed E-state index contributed by atoms with van der Waals surface area (Å²) in [6.07, 6.45) is -0.896. The minimum atomic E-state index is -0.896. The number of hydrogen-bond acceptors (Lipinski definition) is 7. The van der Waals surface area contributed by atoms with E-state index in [2.05, 4.69) is 5.32 Å². The lowest BCUT2D eigenvalue weighted by atomic mass is 10.2. The number of non-ortho nitro benzene ring substituents is 1. The van der Waals surface area contributed by atoms with Gasteiger partial charge in [-0.3, -0.25) is 14.9 Å². The first-order valence-electron chi connectivity index (χ1n) is 8.21. The fraction of sp³-hybridized carbons (Fsp3) is 0.158. The third-order valence-electron chi connectivity index (χ3n) is 3.93. The Morgan fingerprint density at radius 3 is 2.64 bits per heavy atom. The number of fused-ring (bicyclic) bond motifs is 1. The highest BCUT2D eigenvalue weighted by Gasteiger charge is 2.19. The van der Waals surface area contributed by atoms with Gasteiger partial charge in [0.2, 0.25) is 0 Å². The van der Waals surface area contributed by atoms with E-state index in [1.807, 2.05) is 0 Å². The van der Waals surface area contributed by atoms with Gasteiger partial charge in [-0.2, -0.15) is 0 Å². The van der Waals surface area contributed by atoms with Crippen LogP contribution in [0.2, 0.25) is 0 Å². The maximum absolute atomic E-state index is 12.4. The van der Waals surface area contributed by atoms with Gasteiger partial charge in [0.05, 0.1) is 23.8 Å². The SMILES string of the molecule is COc1cc([N+](=O)[O-])ccc1NC(=O)[C@H](C)Oc1ccc2ccc(=O)oc2c1. The second-order valence-electron chi connectivity index (χ2n) is 5.85. The van der Waals surface area contributed by atoms with Gasteiger partial charge in [-0.25, -0.2) is 4.79 Å². The summed E-state index contributed by atoms with van der Waals surface area (Å²) in [7, 11) is 1.34. The first-order chi connectivity index (χ1) is 13.4. The van der Waals surface area contributed by atoms with Gasteiger partial charge >= 0.3 is 5.63 Å². The van der Waals surface area contributed by atoms with E-state index in [1.165, 1.54) is 37.4 Å². The molecule has 1 heterocycles. The maximum Gasteiger partial charge on any atom is 0.336 e. The molecule has 0 spiro atoms. The molecular weight excluding hydrogens is 368 g/mol. The standard InChI is InChI=1S/C19H16N2O7/c1-11(27-14-6-3-12-4-8-18(22)28-16(12)10-14)19(23)20-15-7-5-13(21(24)25)9-17(15)26-2/h3-11H,1-2H3,(H,20,23)/t11-/m0/s1. The lowest BCUT2D eigenvalue weighted by Gasteiger charge is -2.16. The van der Waals surface area contributed by atoms with Crippen LogP contribution >= 0.6 is 0 Å². The van der Waals surface area contributed by atoms with Crippen molar-refractivity contribution in [3.63, 3.8) is 0 Å². The molecule has 1 atom stereocenters. The third kappa shape index (κ3) is 4.09. The predicted octanol–water partition coefficient (Wildman–Crippen LogP) is 3.12. The number of nitrogens with zero attached hydrogens (tertiary/aromatic N) is 1. The molecule has 0 saturated heterocycles. The van der Waals surface area contributed by atoms with Crippen molar-refractivity contribution >= 4 is 28.3 Å². The summed E-state index contributed by atoms with van der Waals surface area (Å²) in [4.78, 5) is 34.0. The molecule has 9 heteroatoms. The van der Waals surface area contributed by atoms with Crippen LogP contribution in [0.5, 0.6) is 11.5 Å². The van der Waals surface area contributed by atoms with Crippen LogP contribution in [0.25, 0.3) is 11.0 Å². The number of nitrogens with one attached hydrogen (secondary N) is 1. The normalized spacial score (nSPS) is 11.6. The van der Waals surface area contributed by atoms with E-state index in [0.717, 1.165) is 5.39 Å². The highest BCUT2D eigenvalue weighted by atomic mass is 16.6. The smallest absolute Gasteiger partial charge is 0.336 e. The summed E-state index contributed by atoms with van der Waals surface area (Å²) in [5.74, 6) is 0.0177. The van der Waals surface area contributed by atoms with E-state index >= 15 is 0 Å². The zero-order valence-electron chi connectivity index (χ0n) is 15.0. The van der Waals surface area contributed by atoms with E-state index in [0.29, 0.717) is 11.3 Å². The molecule has 2 aromatic carbocycles. The molecule has 0 aliphatic carbocycles. The van der Waals surface area contributed by atoms with Gasteiger partial charge in [0.1, 0.15) is 17.1 Å². The van der Waals surface area contributed by atoms with Crippen molar-refractivity contribution < 1.29 is 23.6 Å². The maximum atomic E-state index is 12.4. The van der Waals surface area contributed by atoms with Gasteiger partial charge in [0.25, 0.3) is 11.6 Å². The number of amides is 1. The van der Waals surface area contributed by atoms with Gasteiger partial charge in [-0.05, 0) is 31.2 Å². The number of anilines is 1. The molecule has 0 saturated carbocycles. The number of carbonyl (C=O) groups excluding carboxylic acids is 1. The quantitative estimate of drug-likeness (QED) is 0.394. The fourth-order valence-corrected chi connectivity index (χ4v) is 2.50. The number of rotatable bonds is 6. The Hall–Kier alpha value is -3.88. The molecule has 1 N–H and O–H groups in total. The van der Waals surface area contributed by atoms with Crippen molar-refractivity contribution in [3.05, 3.63) is 69.1 Å². The molecule has 0 aliphatic rings. The number of methoxy groups -OCH3 is 1. The number of ether oxygens (including phenoxy) is 2. The van der Waals surface area contributed by atoms with E-state index in [1.54, 1.807) is 25.1 Å². The van der Waals surface area contributed by atoms with Crippen LogP contribution < -0.4 is 20.4 Å². The topological polar surface area (TPSA) is 121 Å². The van der Waals surface area contributed by atoms with Crippen molar-refractivity contribution in [1.29, 1.82) is 0 Å². The molecular formula is C19H16N2O7. The first kappa shape index (κ1) is 18.9. The monoisotopic (exact) mass is 384 g/mol. The minimum absolute atomic E-state index is 0.155. The molecule has 144 valence electrons. The van der Waals surface area contributed by atoms with E-state index in [4.69, 9.17) is 13.9 Å². The van der Waals surface area contributed by atoms with E-state index < -0.39 is 22.6 Å². The second kappa shape index (κ2) is 7.78. The molecule has 28 heavy (non-hydrogen) atoms. The number of benzene rings is 2. The molecule has 0 unspecified atom stereocenters. The highest BCUT2D eigenvalue weighted by Crippen LogP contribution is 2.29. The summed E-state index contributed by atoms with van der Waals surface area (Å²) in [6.45, 7) is 1.54. The molecule has 3 aromatic rings. The zero-order chi connectivity index (χ0) is 20.3. The number of nitro groups is 1. The van der Waals surface area contributed by atoms with Gasteiger partial charge in [0, 0.05) is 23.6 Å². The van der Waals surface area contributed by atoms with Crippen LogP contribution in [0.1, 0.15) is 6.92 Å². The summed E-state index contributed by atoms with van der Waals surface area (Å²) < 4.78 is 15.8. The van der Waals surface area contributed by atoms with Crippen molar-refractivity contribution in [2.24, 2.45) is 0 Å². The Morgan fingerprint density at radius 1 is 1.18 bits per heavy atom. The Balaban J connectivity index is 1.74. The third-order valence-corrected chi connectivity index (χ3v) is 3.93. The number of nitro benzene ring substituents is 1. The summed E-state index contributed by atoms with van der Waals surface area (Å²) in [5, 5.41) is 14.2. The summed E-state index contributed by atoms with van der Waals surface area (Å²) >= 11 is 0. The number of hydrogen-bond donors (Lipinski definition) is 1. The van der Waals surface area contributed by atoms with Gasteiger partial charge in [-0.15, -0.1) is 0 Å². The lowest BCUT2D eigenvalue weighted by Crippen LogP contribution is -2.30. The molecule has 1 aromatic heterocycles. The molecule has 0 aliphatic heterocycles. The fourth-order valence-electron chi connectivity index (χ4n) is 2.50. The molecule has 0 bridgehead atoms. The first-order valence-corrected chi connectivity index (χ1v) is 8.21. The van der Waals surface area contributed by atoms with Gasteiger partial charge in [-0.1, -0.05) is 0 Å². The van der Waals surface area contributed by atoms with Crippen molar-refractivity contribution in [3.8, 4) is 11.5 Å². The van der Waals surface area contributed by atoms with Gasteiger partial charge < -0.3 is 19.2 Å². The molecule has 1 amide bonds. The van der Waals surface area contributed by atoms with E-state index in [9.17, 15) is 19.7 Å². The summed E-state index contributed by atoms with van der Waals surface area (Å²) in [6, 6.07) is 11.7. The van der Waals surface area contributed by atoms with Crippen LogP contribution in [0.3, 0.4) is 0 Å². The molecule has 0 fully saturated rings. The minimum Gasteiger partial charge on any atom is -0.494 e. The Morgan fingerprint density at radius 2 is 1.93 bits per heavy atom.